The highest BCUT2D eigenvalue weighted by Gasteiger charge is 2.22. The number of carboxylic acids is 1. The molecule has 0 rings (SSSR count). The van der Waals surface area contributed by atoms with Crippen LogP contribution in [0.1, 0.15) is 13.8 Å². The van der Waals surface area contributed by atoms with Crippen molar-refractivity contribution in [2.75, 3.05) is 40.4 Å². The lowest BCUT2D eigenvalue weighted by Gasteiger charge is -2.29. The molecule has 19 heavy (non-hydrogen) atoms. The lowest BCUT2D eigenvalue weighted by atomic mass is 10.2. The van der Waals surface area contributed by atoms with Crippen LogP contribution in [-0.4, -0.2) is 78.5 Å². The van der Waals surface area contributed by atoms with Gasteiger partial charge in [-0.25, -0.2) is 4.79 Å². The number of carbonyl (C=O) groups is 2. The number of aliphatic hydroxyl groups is 1. The van der Waals surface area contributed by atoms with Gasteiger partial charge in [-0.15, -0.1) is 0 Å². The van der Waals surface area contributed by atoms with Crippen molar-refractivity contribution < 1.29 is 24.5 Å². The fraction of sp³-hybridized carbons (Fsp3) is 0.833. The summed E-state index contributed by atoms with van der Waals surface area (Å²) in [6.45, 7) is 4.19. The van der Waals surface area contributed by atoms with E-state index in [-0.39, 0.29) is 25.7 Å². The molecule has 0 aromatic carbocycles. The van der Waals surface area contributed by atoms with Gasteiger partial charge in [-0.3, -0.25) is 4.79 Å². The second-order valence-electron chi connectivity index (χ2n) is 4.55. The van der Waals surface area contributed by atoms with Crippen LogP contribution in [0.3, 0.4) is 0 Å². The molecule has 2 amide bonds. The molecule has 0 saturated carbocycles. The van der Waals surface area contributed by atoms with Gasteiger partial charge in [-0.2, -0.15) is 0 Å². The molecule has 7 nitrogen and oxygen atoms in total. The molecule has 0 heterocycles. The van der Waals surface area contributed by atoms with E-state index in [0.29, 0.717) is 6.54 Å². The third-order valence-electron chi connectivity index (χ3n) is 2.74. The minimum Gasteiger partial charge on any atom is -0.481 e. The molecular formula is C12H24N2O5. The van der Waals surface area contributed by atoms with E-state index < -0.39 is 18.0 Å². The minimum absolute atomic E-state index is 0.143. The summed E-state index contributed by atoms with van der Waals surface area (Å²) in [7, 11) is 3.03. The maximum atomic E-state index is 12.1. The molecule has 0 aromatic heterocycles. The summed E-state index contributed by atoms with van der Waals surface area (Å²) in [5.41, 5.74) is 0. The van der Waals surface area contributed by atoms with Gasteiger partial charge in [0.15, 0.2) is 0 Å². The van der Waals surface area contributed by atoms with Crippen molar-refractivity contribution in [3.63, 3.8) is 0 Å². The normalized spacial score (nSPS) is 13.7. The Morgan fingerprint density at radius 3 is 2.32 bits per heavy atom. The van der Waals surface area contributed by atoms with Crippen molar-refractivity contribution in [1.29, 1.82) is 0 Å². The smallest absolute Gasteiger partial charge is 0.319 e. The fourth-order valence-corrected chi connectivity index (χ4v) is 1.63. The maximum absolute atomic E-state index is 12.1. The van der Waals surface area contributed by atoms with Crippen LogP contribution in [-0.2, 0) is 9.53 Å². The number of hydrogen-bond donors (Lipinski definition) is 2. The van der Waals surface area contributed by atoms with E-state index >= 15 is 0 Å². The predicted octanol–water partition coefficient (Wildman–Crippen LogP) is 0.0881. The molecular weight excluding hydrogens is 252 g/mol. The van der Waals surface area contributed by atoms with E-state index in [1.54, 1.807) is 20.9 Å². The van der Waals surface area contributed by atoms with E-state index in [4.69, 9.17) is 9.84 Å². The number of nitrogens with zero attached hydrogens (tertiary/aromatic N) is 2. The SMILES string of the molecule is CCN(CC(C)C(=O)O)C(=O)N(C)CC(O)COC. The van der Waals surface area contributed by atoms with Crippen LogP contribution in [0.15, 0.2) is 0 Å². The maximum Gasteiger partial charge on any atom is 0.319 e. The van der Waals surface area contributed by atoms with Crippen molar-refractivity contribution in [1.82, 2.24) is 9.80 Å². The average molecular weight is 276 g/mol. The Labute approximate surface area is 113 Å². The van der Waals surface area contributed by atoms with Gasteiger partial charge in [0.05, 0.1) is 25.2 Å². The van der Waals surface area contributed by atoms with Gasteiger partial charge in [-0.05, 0) is 6.92 Å². The molecule has 2 unspecified atom stereocenters. The summed E-state index contributed by atoms with van der Waals surface area (Å²) in [5, 5.41) is 18.4. The van der Waals surface area contributed by atoms with Crippen LogP contribution in [0, 0.1) is 5.92 Å². The molecule has 0 aliphatic carbocycles. The third-order valence-corrected chi connectivity index (χ3v) is 2.74. The summed E-state index contributed by atoms with van der Waals surface area (Å²) in [6, 6.07) is -0.300. The number of aliphatic hydroxyl groups excluding tert-OH is 1. The number of amides is 2. The first kappa shape index (κ1) is 17.7. The summed E-state index contributed by atoms with van der Waals surface area (Å²) in [4.78, 5) is 25.7. The standard InChI is InChI=1S/C12H24N2O5/c1-5-14(6-9(2)11(16)17)12(18)13(3)7-10(15)8-19-4/h9-10,15H,5-8H2,1-4H3,(H,16,17). The Morgan fingerprint density at radius 1 is 1.32 bits per heavy atom. The molecule has 0 saturated heterocycles. The highest BCUT2D eigenvalue weighted by atomic mass is 16.5. The Morgan fingerprint density at radius 2 is 1.89 bits per heavy atom. The number of carbonyl (C=O) groups excluding carboxylic acids is 1. The van der Waals surface area contributed by atoms with E-state index in [2.05, 4.69) is 0 Å². The summed E-state index contributed by atoms with van der Waals surface area (Å²) in [5.74, 6) is -1.56. The first-order valence-corrected chi connectivity index (χ1v) is 6.23. The zero-order chi connectivity index (χ0) is 15.0. The van der Waals surface area contributed by atoms with Crippen LogP contribution in [0.4, 0.5) is 4.79 Å². The second kappa shape index (κ2) is 8.71. The summed E-state index contributed by atoms with van der Waals surface area (Å²) in [6.07, 6.45) is -0.755. The number of carboxylic acid groups (broad SMARTS) is 1. The van der Waals surface area contributed by atoms with Crippen molar-refractivity contribution in [3.05, 3.63) is 0 Å². The highest BCUT2D eigenvalue weighted by molar-refractivity contribution is 5.76. The van der Waals surface area contributed by atoms with Crippen LogP contribution in [0.2, 0.25) is 0 Å². The van der Waals surface area contributed by atoms with Crippen LogP contribution in [0.25, 0.3) is 0 Å². The quantitative estimate of drug-likeness (QED) is 0.655. The molecule has 0 spiro atoms. The lowest BCUT2D eigenvalue weighted by molar-refractivity contribution is -0.141. The molecule has 0 fully saturated rings. The van der Waals surface area contributed by atoms with E-state index in [1.165, 1.54) is 16.9 Å². The zero-order valence-corrected chi connectivity index (χ0v) is 12.0. The molecule has 2 atom stereocenters. The molecule has 2 N–H and O–H groups in total. The molecule has 0 bridgehead atoms. The zero-order valence-electron chi connectivity index (χ0n) is 12.0. The lowest BCUT2D eigenvalue weighted by Crippen LogP contribution is -2.46. The van der Waals surface area contributed by atoms with Crippen LogP contribution < -0.4 is 0 Å². The first-order chi connectivity index (χ1) is 8.83. The first-order valence-electron chi connectivity index (χ1n) is 6.23. The number of aliphatic carboxylic acids is 1. The van der Waals surface area contributed by atoms with Gasteiger partial charge < -0.3 is 24.7 Å². The second-order valence-corrected chi connectivity index (χ2v) is 4.55. The number of urea groups is 1. The number of likely N-dealkylation sites (N-methyl/N-ethyl adjacent to an activating group) is 1. The molecule has 0 radical (unpaired) electrons. The van der Waals surface area contributed by atoms with Gasteiger partial charge in [-0.1, -0.05) is 6.92 Å². The van der Waals surface area contributed by atoms with Gasteiger partial charge in [0.25, 0.3) is 0 Å². The van der Waals surface area contributed by atoms with Crippen molar-refractivity contribution >= 4 is 12.0 Å². The molecule has 7 heteroatoms. The van der Waals surface area contributed by atoms with E-state index in [9.17, 15) is 14.7 Å². The monoisotopic (exact) mass is 276 g/mol. The third kappa shape index (κ3) is 6.40. The molecule has 0 aliphatic rings. The van der Waals surface area contributed by atoms with Crippen molar-refractivity contribution in [3.8, 4) is 0 Å². The van der Waals surface area contributed by atoms with Crippen LogP contribution >= 0.6 is 0 Å². The van der Waals surface area contributed by atoms with E-state index in [0.717, 1.165) is 0 Å². The van der Waals surface area contributed by atoms with Crippen molar-refractivity contribution in [2.24, 2.45) is 5.92 Å². The Kier molecular flexibility index (Phi) is 8.09. The molecule has 0 aromatic rings. The number of rotatable bonds is 8. The van der Waals surface area contributed by atoms with Gasteiger partial charge in [0, 0.05) is 27.2 Å². The highest BCUT2D eigenvalue weighted by Crippen LogP contribution is 2.04. The Hall–Kier alpha value is -1.34. The van der Waals surface area contributed by atoms with Crippen molar-refractivity contribution in [2.45, 2.75) is 20.0 Å². The predicted molar refractivity (Wildman–Crippen MR) is 70.0 cm³/mol. The van der Waals surface area contributed by atoms with Gasteiger partial charge in [0.2, 0.25) is 0 Å². The molecule has 0 aliphatic heterocycles. The largest absolute Gasteiger partial charge is 0.481 e. The van der Waals surface area contributed by atoms with Crippen LogP contribution in [0.5, 0.6) is 0 Å². The number of ether oxygens (including phenoxy) is 1. The Bertz CT molecular complexity index is 298. The average Bonchev–Trinajstić information content (AvgIpc) is 2.34. The van der Waals surface area contributed by atoms with Gasteiger partial charge in [0.1, 0.15) is 0 Å². The minimum atomic E-state index is -0.937. The summed E-state index contributed by atoms with van der Waals surface area (Å²) < 4.78 is 4.79. The van der Waals surface area contributed by atoms with Gasteiger partial charge >= 0.3 is 12.0 Å². The fourth-order valence-electron chi connectivity index (χ4n) is 1.63. The number of methoxy groups -OCH3 is 1. The Balaban J connectivity index is 4.44. The summed E-state index contributed by atoms with van der Waals surface area (Å²) >= 11 is 0. The van der Waals surface area contributed by atoms with E-state index in [1.807, 2.05) is 0 Å². The number of hydrogen-bond acceptors (Lipinski definition) is 4. The molecule has 112 valence electrons. The topological polar surface area (TPSA) is 90.3 Å².